The first-order valence-corrected chi connectivity index (χ1v) is 6.11. The normalized spacial score (nSPS) is 10.9. The Bertz CT molecular complexity index is 723. The van der Waals surface area contributed by atoms with E-state index in [1.54, 1.807) is 25.1 Å². The molecule has 22 heavy (non-hydrogen) atoms. The average molecular weight is 308 g/mol. The van der Waals surface area contributed by atoms with Crippen LogP contribution in [0.4, 0.5) is 19.0 Å². The van der Waals surface area contributed by atoms with Crippen molar-refractivity contribution in [3.63, 3.8) is 0 Å². The molecule has 5 nitrogen and oxygen atoms in total. The molecule has 1 heterocycles. The van der Waals surface area contributed by atoms with Crippen molar-refractivity contribution in [3.05, 3.63) is 41.7 Å². The molecule has 2 aromatic rings. The van der Waals surface area contributed by atoms with E-state index in [0.29, 0.717) is 5.82 Å². The second kappa shape index (κ2) is 5.89. The zero-order chi connectivity index (χ0) is 16.3. The Morgan fingerprint density at radius 3 is 2.50 bits per heavy atom. The molecule has 0 N–H and O–H groups in total. The predicted molar refractivity (Wildman–Crippen MR) is 72.6 cm³/mol. The third kappa shape index (κ3) is 3.63. The van der Waals surface area contributed by atoms with Crippen molar-refractivity contribution in [2.75, 3.05) is 19.0 Å². The molecule has 0 radical (unpaired) electrons. The number of benzene rings is 1. The van der Waals surface area contributed by atoms with Gasteiger partial charge in [-0.05, 0) is 18.2 Å². The Balaban J connectivity index is 2.35. The second-order valence-corrected chi connectivity index (χ2v) is 4.52. The van der Waals surface area contributed by atoms with Crippen molar-refractivity contribution in [1.82, 2.24) is 9.97 Å². The topological polar surface area (TPSA) is 62.0 Å². The van der Waals surface area contributed by atoms with Gasteiger partial charge in [0.1, 0.15) is 17.6 Å². The second-order valence-electron chi connectivity index (χ2n) is 4.52. The van der Waals surface area contributed by atoms with E-state index in [0.717, 1.165) is 12.1 Å². The van der Waals surface area contributed by atoms with Crippen LogP contribution >= 0.6 is 0 Å². The van der Waals surface area contributed by atoms with E-state index in [9.17, 15) is 13.2 Å². The van der Waals surface area contributed by atoms with Gasteiger partial charge in [0.25, 0.3) is 0 Å². The van der Waals surface area contributed by atoms with Crippen molar-refractivity contribution in [2.24, 2.45) is 0 Å². The van der Waals surface area contributed by atoms with Crippen LogP contribution in [0.3, 0.4) is 0 Å². The van der Waals surface area contributed by atoms with Crippen LogP contribution in [-0.2, 0) is 6.18 Å². The molecule has 0 aliphatic carbocycles. The fraction of sp³-hybridized carbons (Fsp3) is 0.214. The first-order valence-electron chi connectivity index (χ1n) is 6.11. The van der Waals surface area contributed by atoms with E-state index in [-0.39, 0.29) is 17.5 Å². The molecule has 0 amide bonds. The maximum absolute atomic E-state index is 12.7. The lowest BCUT2D eigenvalue weighted by Crippen LogP contribution is -2.12. The molecule has 2 rings (SSSR count). The molecule has 0 atom stereocenters. The monoisotopic (exact) mass is 308 g/mol. The number of halogens is 3. The van der Waals surface area contributed by atoms with Gasteiger partial charge in [0.15, 0.2) is 0 Å². The van der Waals surface area contributed by atoms with E-state index in [1.807, 2.05) is 0 Å². The van der Waals surface area contributed by atoms with E-state index >= 15 is 0 Å². The van der Waals surface area contributed by atoms with Gasteiger partial charge in [-0.2, -0.15) is 23.4 Å². The number of nitrogens with zero attached hydrogens (tertiary/aromatic N) is 4. The summed E-state index contributed by atoms with van der Waals surface area (Å²) in [5.74, 6) is 0.249. The first kappa shape index (κ1) is 15.6. The number of nitriles is 1. The summed E-state index contributed by atoms with van der Waals surface area (Å²) in [6.07, 6.45) is -4.46. The molecule has 1 aromatic heterocycles. The largest absolute Gasteiger partial charge is 0.439 e. The Morgan fingerprint density at radius 2 is 1.91 bits per heavy atom. The lowest BCUT2D eigenvalue weighted by Gasteiger charge is -2.13. The fourth-order valence-electron chi connectivity index (χ4n) is 1.60. The zero-order valence-corrected chi connectivity index (χ0v) is 11.7. The fourth-order valence-corrected chi connectivity index (χ4v) is 1.60. The quantitative estimate of drug-likeness (QED) is 0.871. The lowest BCUT2D eigenvalue weighted by molar-refractivity contribution is -0.137. The van der Waals surface area contributed by atoms with Gasteiger partial charge in [0, 0.05) is 20.2 Å². The highest BCUT2D eigenvalue weighted by Gasteiger charge is 2.30. The predicted octanol–water partition coefficient (Wildman–Crippen LogP) is 3.23. The van der Waals surface area contributed by atoms with Crippen molar-refractivity contribution in [1.29, 1.82) is 5.26 Å². The summed E-state index contributed by atoms with van der Waals surface area (Å²) in [5, 5.41) is 8.89. The SMILES string of the molecule is CN(C)c1cc(Oc2cccc(C(F)(F)F)c2)nc(C#N)n1. The van der Waals surface area contributed by atoms with E-state index in [2.05, 4.69) is 9.97 Å². The number of anilines is 1. The van der Waals surface area contributed by atoms with Crippen LogP contribution in [0, 0.1) is 11.3 Å². The summed E-state index contributed by atoms with van der Waals surface area (Å²) in [6, 6.07) is 7.62. The Morgan fingerprint density at radius 1 is 1.18 bits per heavy atom. The molecule has 0 bridgehead atoms. The molecule has 114 valence electrons. The smallest absolute Gasteiger partial charge is 0.416 e. The highest BCUT2D eigenvalue weighted by atomic mass is 19.4. The van der Waals surface area contributed by atoms with Crippen LogP contribution in [0.5, 0.6) is 11.6 Å². The molecule has 1 aromatic carbocycles. The van der Waals surface area contributed by atoms with Crippen LogP contribution in [-0.4, -0.2) is 24.1 Å². The van der Waals surface area contributed by atoms with Gasteiger partial charge in [-0.1, -0.05) is 6.07 Å². The number of hydrogen-bond acceptors (Lipinski definition) is 5. The third-order valence-corrected chi connectivity index (χ3v) is 2.63. The minimum atomic E-state index is -4.46. The van der Waals surface area contributed by atoms with Gasteiger partial charge >= 0.3 is 6.18 Å². The van der Waals surface area contributed by atoms with E-state index in [1.165, 1.54) is 18.2 Å². The lowest BCUT2D eigenvalue weighted by atomic mass is 10.2. The first-order chi connectivity index (χ1) is 10.3. The molecule has 0 saturated heterocycles. The maximum atomic E-state index is 12.7. The number of rotatable bonds is 3. The van der Waals surface area contributed by atoms with Crippen LogP contribution in [0.25, 0.3) is 0 Å². The molecule has 0 spiro atoms. The van der Waals surface area contributed by atoms with Crippen molar-refractivity contribution in [3.8, 4) is 17.7 Å². The molecule has 0 aliphatic rings. The van der Waals surface area contributed by atoms with Crippen LogP contribution in [0.2, 0.25) is 0 Å². The Labute approximate surface area is 124 Å². The van der Waals surface area contributed by atoms with Crippen LogP contribution in [0.15, 0.2) is 30.3 Å². The van der Waals surface area contributed by atoms with Crippen molar-refractivity contribution < 1.29 is 17.9 Å². The highest BCUT2D eigenvalue weighted by molar-refractivity contribution is 5.43. The van der Waals surface area contributed by atoms with Gasteiger partial charge in [0.2, 0.25) is 11.7 Å². The van der Waals surface area contributed by atoms with Crippen molar-refractivity contribution in [2.45, 2.75) is 6.18 Å². The minimum absolute atomic E-state index is 0.00502. The molecule has 0 unspecified atom stereocenters. The summed E-state index contributed by atoms with van der Waals surface area (Å²) in [5.41, 5.74) is -0.826. The summed E-state index contributed by atoms with van der Waals surface area (Å²) in [7, 11) is 3.41. The number of alkyl halides is 3. The van der Waals surface area contributed by atoms with Crippen molar-refractivity contribution >= 4 is 5.82 Å². The van der Waals surface area contributed by atoms with Gasteiger partial charge < -0.3 is 9.64 Å². The number of hydrogen-bond donors (Lipinski definition) is 0. The third-order valence-electron chi connectivity index (χ3n) is 2.63. The molecule has 8 heteroatoms. The average Bonchev–Trinajstić information content (AvgIpc) is 2.46. The Kier molecular flexibility index (Phi) is 4.17. The maximum Gasteiger partial charge on any atom is 0.416 e. The molecular weight excluding hydrogens is 297 g/mol. The molecule has 0 aliphatic heterocycles. The molecule has 0 fully saturated rings. The Hall–Kier alpha value is -2.82. The van der Waals surface area contributed by atoms with Crippen LogP contribution in [0.1, 0.15) is 11.4 Å². The summed E-state index contributed by atoms with van der Waals surface area (Å²) in [6.45, 7) is 0. The minimum Gasteiger partial charge on any atom is -0.439 e. The van der Waals surface area contributed by atoms with Gasteiger partial charge in [-0.3, -0.25) is 0 Å². The summed E-state index contributed by atoms with van der Waals surface area (Å²) in [4.78, 5) is 9.39. The number of ether oxygens (including phenoxy) is 1. The summed E-state index contributed by atoms with van der Waals surface area (Å²) >= 11 is 0. The van der Waals surface area contributed by atoms with Gasteiger partial charge in [-0.25, -0.2) is 4.98 Å². The zero-order valence-electron chi connectivity index (χ0n) is 11.7. The standard InChI is InChI=1S/C14H11F3N4O/c1-21(2)12-7-13(20-11(8-18)19-12)22-10-5-3-4-9(6-10)14(15,16)17/h3-7H,1-2H3. The van der Waals surface area contributed by atoms with Gasteiger partial charge in [-0.15, -0.1) is 0 Å². The van der Waals surface area contributed by atoms with E-state index in [4.69, 9.17) is 10.00 Å². The highest BCUT2D eigenvalue weighted by Crippen LogP contribution is 2.32. The van der Waals surface area contributed by atoms with Crippen LogP contribution < -0.4 is 9.64 Å². The van der Waals surface area contributed by atoms with E-state index < -0.39 is 11.7 Å². The van der Waals surface area contributed by atoms with Gasteiger partial charge in [0.05, 0.1) is 5.56 Å². The molecular formula is C14H11F3N4O. The number of aromatic nitrogens is 2. The molecule has 0 saturated carbocycles. The summed E-state index contributed by atoms with van der Waals surface area (Å²) < 4.78 is 43.3.